The summed E-state index contributed by atoms with van der Waals surface area (Å²) in [6.45, 7) is 0.808. The minimum absolute atomic E-state index is 0.0717. The molecular formula is C19H24N4O. The molecule has 1 aromatic carbocycles. The molecule has 1 fully saturated rings. The highest BCUT2D eigenvalue weighted by atomic mass is 16.1. The lowest BCUT2D eigenvalue weighted by molar-refractivity contribution is 0.0937. The van der Waals surface area contributed by atoms with Gasteiger partial charge in [-0.1, -0.05) is 43.2 Å². The van der Waals surface area contributed by atoms with Gasteiger partial charge in [-0.15, -0.1) is 0 Å². The van der Waals surface area contributed by atoms with E-state index in [4.69, 9.17) is 0 Å². The Labute approximate surface area is 142 Å². The number of aromatic nitrogens is 2. The van der Waals surface area contributed by atoms with Crippen LogP contribution < -0.4 is 10.6 Å². The van der Waals surface area contributed by atoms with Gasteiger partial charge in [0.15, 0.2) is 0 Å². The minimum Gasteiger partial charge on any atom is -0.354 e. The van der Waals surface area contributed by atoms with E-state index in [1.54, 1.807) is 12.4 Å². The quantitative estimate of drug-likeness (QED) is 0.768. The predicted molar refractivity (Wildman–Crippen MR) is 95.0 cm³/mol. The van der Waals surface area contributed by atoms with E-state index in [0.29, 0.717) is 17.6 Å². The zero-order valence-electron chi connectivity index (χ0n) is 13.9. The van der Waals surface area contributed by atoms with Gasteiger partial charge in [-0.3, -0.25) is 4.79 Å². The molecule has 1 aromatic heterocycles. The number of benzene rings is 1. The fourth-order valence-corrected chi connectivity index (χ4v) is 3.01. The largest absolute Gasteiger partial charge is 0.354 e. The van der Waals surface area contributed by atoms with Crippen LogP contribution in [0, 0.1) is 0 Å². The lowest BCUT2D eigenvalue weighted by Gasteiger charge is -2.11. The zero-order chi connectivity index (χ0) is 16.6. The summed E-state index contributed by atoms with van der Waals surface area (Å²) in [5, 5.41) is 6.25. The van der Waals surface area contributed by atoms with Gasteiger partial charge in [-0.2, -0.15) is 0 Å². The van der Waals surface area contributed by atoms with Gasteiger partial charge in [-0.05, 0) is 31.2 Å². The smallest absolute Gasteiger partial charge is 0.254 e. The van der Waals surface area contributed by atoms with Crippen LogP contribution in [0.3, 0.4) is 0 Å². The topological polar surface area (TPSA) is 66.9 Å². The predicted octanol–water partition coefficient (Wildman–Crippen LogP) is 3.19. The Morgan fingerprint density at radius 2 is 1.79 bits per heavy atom. The molecule has 5 heteroatoms. The number of carbonyl (C=O) groups excluding carboxylic acids is 1. The lowest BCUT2D eigenvalue weighted by atomic mass is 10.1. The van der Waals surface area contributed by atoms with Crippen molar-refractivity contribution in [3.8, 4) is 0 Å². The summed E-state index contributed by atoms with van der Waals surface area (Å²) < 4.78 is 0. The molecule has 1 aliphatic rings. The number of carbonyl (C=O) groups is 1. The fourth-order valence-electron chi connectivity index (χ4n) is 3.01. The third-order valence-electron chi connectivity index (χ3n) is 4.37. The van der Waals surface area contributed by atoms with E-state index in [-0.39, 0.29) is 5.91 Å². The molecule has 1 heterocycles. The number of amides is 1. The first-order valence-corrected chi connectivity index (χ1v) is 8.72. The monoisotopic (exact) mass is 324 g/mol. The van der Waals surface area contributed by atoms with Crippen LogP contribution >= 0.6 is 0 Å². The van der Waals surface area contributed by atoms with E-state index in [0.717, 1.165) is 32.2 Å². The number of hydrogen-bond donors (Lipinski definition) is 2. The summed E-state index contributed by atoms with van der Waals surface area (Å²) in [7, 11) is 0. The maximum atomic E-state index is 12.1. The normalized spacial score (nSPS) is 14.5. The fraction of sp³-hybridized carbons (Fsp3) is 0.421. The van der Waals surface area contributed by atoms with Gasteiger partial charge in [0.25, 0.3) is 5.91 Å². The van der Waals surface area contributed by atoms with Crippen molar-refractivity contribution in [2.24, 2.45) is 0 Å². The van der Waals surface area contributed by atoms with Crippen molar-refractivity contribution in [1.29, 1.82) is 0 Å². The summed E-state index contributed by atoms with van der Waals surface area (Å²) in [5.41, 5.74) is 1.86. The zero-order valence-corrected chi connectivity index (χ0v) is 13.9. The Morgan fingerprint density at radius 3 is 2.50 bits per heavy atom. The Balaban J connectivity index is 1.41. The molecule has 3 rings (SSSR count). The molecule has 2 aromatic rings. The Kier molecular flexibility index (Phi) is 5.77. The second kappa shape index (κ2) is 8.43. The molecule has 0 atom stereocenters. The number of hydrogen-bond acceptors (Lipinski definition) is 4. The SMILES string of the molecule is O=C(NC1CCCC1)c1cnc(NCCCc2ccccc2)nc1. The molecule has 5 nitrogen and oxygen atoms in total. The molecule has 1 saturated carbocycles. The van der Waals surface area contributed by atoms with Crippen molar-refractivity contribution in [1.82, 2.24) is 15.3 Å². The van der Waals surface area contributed by atoms with Crippen molar-refractivity contribution in [2.75, 3.05) is 11.9 Å². The summed E-state index contributed by atoms with van der Waals surface area (Å²) in [6, 6.07) is 10.7. The van der Waals surface area contributed by atoms with Gasteiger partial charge in [0, 0.05) is 25.0 Å². The van der Waals surface area contributed by atoms with Gasteiger partial charge in [0.05, 0.1) is 5.56 Å². The number of anilines is 1. The first kappa shape index (κ1) is 16.4. The van der Waals surface area contributed by atoms with Gasteiger partial charge >= 0.3 is 0 Å². The number of aryl methyl sites for hydroxylation is 1. The average molecular weight is 324 g/mol. The third-order valence-corrected chi connectivity index (χ3v) is 4.37. The van der Waals surface area contributed by atoms with Crippen LogP contribution in [0.2, 0.25) is 0 Å². The van der Waals surface area contributed by atoms with Crippen molar-refractivity contribution >= 4 is 11.9 Å². The van der Waals surface area contributed by atoms with Crippen LogP contribution in [0.15, 0.2) is 42.7 Å². The Bertz CT molecular complexity index is 636. The van der Waals surface area contributed by atoms with Gasteiger partial charge in [-0.25, -0.2) is 9.97 Å². The van der Waals surface area contributed by atoms with Crippen molar-refractivity contribution < 1.29 is 4.79 Å². The van der Waals surface area contributed by atoms with Crippen LogP contribution in [0.5, 0.6) is 0 Å². The molecule has 24 heavy (non-hydrogen) atoms. The highest BCUT2D eigenvalue weighted by Crippen LogP contribution is 2.18. The maximum Gasteiger partial charge on any atom is 0.254 e. The maximum absolute atomic E-state index is 12.1. The Hall–Kier alpha value is -2.43. The van der Waals surface area contributed by atoms with Gasteiger partial charge in [0.1, 0.15) is 0 Å². The molecular weight excluding hydrogens is 300 g/mol. The summed E-state index contributed by atoms with van der Waals surface area (Å²) in [5.74, 6) is 0.498. The van der Waals surface area contributed by atoms with E-state index in [1.165, 1.54) is 18.4 Å². The molecule has 0 bridgehead atoms. The van der Waals surface area contributed by atoms with Gasteiger partial charge < -0.3 is 10.6 Å². The van der Waals surface area contributed by atoms with E-state index < -0.39 is 0 Å². The van der Waals surface area contributed by atoms with E-state index in [9.17, 15) is 4.79 Å². The van der Waals surface area contributed by atoms with E-state index in [2.05, 4.69) is 44.9 Å². The second-order valence-electron chi connectivity index (χ2n) is 6.27. The van der Waals surface area contributed by atoms with Gasteiger partial charge in [0.2, 0.25) is 5.95 Å². The van der Waals surface area contributed by atoms with Crippen LogP contribution in [0.25, 0.3) is 0 Å². The first-order valence-electron chi connectivity index (χ1n) is 8.72. The second-order valence-corrected chi connectivity index (χ2v) is 6.27. The number of rotatable bonds is 7. The first-order chi connectivity index (χ1) is 11.8. The van der Waals surface area contributed by atoms with E-state index >= 15 is 0 Å². The van der Waals surface area contributed by atoms with Crippen LogP contribution in [-0.2, 0) is 6.42 Å². The molecule has 0 unspecified atom stereocenters. The molecule has 0 spiro atoms. The molecule has 1 amide bonds. The highest BCUT2D eigenvalue weighted by molar-refractivity contribution is 5.93. The van der Waals surface area contributed by atoms with E-state index in [1.807, 2.05) is 6.07 Å². The van der Waals surface area contributed by atoms with Crippen molar-refractivity contribution in [2.45, 2.75) is 44.6 Å². The van der Waals surface area contributed by atoms with Crippen molar-refractivity contribution in [3.63, 3.8) is 0 Å². The standard InChI is InChI=1S/C19H24N4O/c24-18(23-17-10-4-5-11-17)16-13-21-19(22-14-16)20-12-6-9-15-7-2-1-3-8-15/h1-3,7-8,13-14,17H,4-6,9-12H2,(H,23,24)(H,20,21,22). The van der Waals surface area contributed by atoms with Crippen LogP contribution in [0.4, 0.5) is 5.95 Å². The molecule has 2 N–H and O–H groups in total. The summed E-state index contributed by atoms with van der Waals surface area (Å²) in [6.07, 6.45) is 9.78. The molecule has 0 radical (unpaired) electrons. The number of nitrogens with one attached hydrogen (secondary N) is 2. The number of nitrogens with zero attached hydrogens (tertiary/aromatic N) is 2. The van der Waals surface area contributed by atoms with Crippen LogP contribution in [-0.4, -0.2) is 28.5 Å². The highest BCUT2D eigenvalue weighted by Gasteiger charge is 2.18. The molecule has 0 aliphatic heterocycles. The molecule has 126 valence electrons. The molecule has 0 saturated heterocycles. The Morgan fingerprint density at radius 1 is 1.08 bits per heavy atom. The lowest BCUT2D eigenvalue weighted by Crippen LogP contribution is -2.32. The summed E-state index contributed by atoms with van der Waals surface area (Å²) in [4.78, 5) is 20.6. The third kappa shape index (κ3) is 4.78. The summed E-state index contributed by atoms with van der Waals surface area (Å²) >= 11 is 0. The molecule has 1 aliphatic carbocycles. The average Bonchev–Trinajstić information content (AvgIpc) is 3.13. The minimum atomic E-state index is -0.0717. The van der Waals surface area contributed by atoms with Crippen LogP contribution in [0.1, 0.15) is 48.0 Å². The van der Waals surface area contributed by atoms with Crippen molar-refractivity contribution in [3.05, 3.63) is 53.9 Å².